The Morgan fingerprint density at radius 2 is 1.82 bits per heavy atom. The Labute approximate surface area is 114 Å². The summed E-state index contributed by atoms with van der Waals surface area (Å²) in [5, 5.41) is 1.10. The van der Waals surface area contributed by atoms with Crippen molar-refractivity contribution in [2.45, 2.75) is 43.6 Å². The van der Waals surface area contributed by atoms with Gasteiger partial charge in [-0.3, -0.25) is 4.90 Å². The smallest absolute Gasteiger partial charge is 0.0491 e. The molecule has 0 aromatic heterocycles. The Hall–Kier alpha value is -0.240. The molecule has 0 amide bonds. The molecule has 0 heterocycles. The SMILES string of the molecule is CN(Cc1ccc(Cl)cc1)C1CCCCC1Cl. The van der Waals surface area contributed by atoms with E-state index in [1.165, 1.54) is 24.8 Å². The average Bonchev–Trinajstić information content (AvgIpc) is 2.32. The van der Waals surface area contributed by atoms with Crippen LogP contribution in [-0.4, -0.2) is 23.4 Å². The molecule has 2 rings (SSSR count). The summed E-state index contributed by atoms with van der Waals surface area (Å²) in [5.74, 6) is 0. The van der Waals surface area contributed by atoms with Gasteiger partial charge in [0.1, 0.15) is 0 Å². The molecule has 0 N–H and O–H groups in total. The predicted molar refractivity (Wildman–Crippen MR) is 74.8 cm³/mol. The van der Waals surface area contributed by atoms with Crippen LogP contribution in [0.3, 0.4) is 0 Å². The summed E-state index contributed by atoms with van der Waals surface area (Å²) >= 11 is 12.3. The molecule has 0 aliphatic heterocycles. The van der Waals surface area contributed by atoms with Gasteiger partial charge in [0.05, 0.1) is 0 Å². The summed E-state index contributed by atoms with van der Waals surface area (Å²) < 4.78 is 0. The van der Waals surface area contributed by atoms with Crippen molar-refractivity contribution in [1.29, 1.82) is 0 Å². The lowest BCUT2D eigenvalue weighted by atomic mass is 9.93. The molecule has 17 heavy (non-hydrogen) atoms. The van der Waals surface area contributed by atoms with Gasteiger partial charge >= 0.3 is 0 Å². The van der Waals surface area contributed by atoms with Crippen molar-refractivity contribution >= 4 is 23.2 Å². The third-order valence-corrected chi connectivity index (χ3v) is 4.32. The van der Waals surface area contributed by atoms with Crippen molar-refractivity contribution < 1.29 is 0 Å². The Kier molecular flexibility index (Phi) is 4.72. The van der Waals surface area contributed by atoms with Gasteiger partial charge in [0, 0.05) is 23.0 Å². The minimum atomic E-state index is 0.307. The monoisotopic (exact) mass is 271 g/mol. The molecule has 3 heteroatoms. The van der Waals surface area contributed by atoms with E-state index < -0.39 is 0 Å². The van der Waals surface area contributed by atoms with Crippen LogP contribution in [0, 0.1) is 0 Å². The van der Waals surface area contributed by atoms with Crippen molar-refractivity contribution in [1.82, 2.24) is 4.90 Å². The van der Waals surface area contributed by atoms with Crippen LogP contribution in [0.4, 0.5) is 0 Å². The molecule has 2 atom stereocenters. The number of alkyl halides is 1. The van der Waals surface area contributed by atoms with E-state index in [-0.39, 0.29) is 0 Å². The van der Waals surface area contributed by atoms with Crippen molar-refractivity contribution in [2.24, 2.45) is 0 Å². The normalized spacial score (nSPS) is 25.2. The Balaban J connectivity index is 1.95. The lowest BCUT2D eigenvalue weighted by Gasteiger charge is -2.35. The second-order valence-electron chi connectivity index (χ2n) is 4.91. The topological polar surface area (TPSA) is 3.24 Å². The number of nitrogens with zero attached hydrogens (tertiary/aromatic N) is 1. The quantitative estimate of drug-likeness (QED) is 0.740. The van der Waals surface area contributed by atoms with Crippen molar-refractivity contribution in [3.05, 3.63) is 34.9 Å². The standard InChI is InChI=1S/C14H19Cl2N/c1-17(14-5-3-2-4-13(14)16)10-11-6-8-12(15)9-7-11/h6-9,13-14H,2-5,10H2,1H3. The summed E-state index contributed by atoms with van der Waals surface area (Å²) in [5.41, 5.74) is 1.30. The maximum atomic E-state index is 6.41. The highest BCUT2D eigenvalue weighted by Gasteiger charge is 2.26. The first-order valence-corrected chi connectivity index (χ1v) is 7.07. The van der Waals surface area contributed by atoms with Gasteiger partial charge in [-0.15, -0.1) is 11.6 Å². The molecule has 0 bridgehead atoms. The molecule has 1 saturated carbocycles. The zero-order chi connectivity index (χ0) is 12.3. The molecule has 94 valence electrons. The zero-order valence-electron chi connectivity index (χ0n) is 10.2. The third kappa shape index (κ3) is 3.61. The Morgan fingerprint density at radius 3 is 2.47 bits per heavy atom. The first kappa shape index (κ1) is 13.2. The van der Waals surface area contributed by atoms with Crippen LogP contribution in [0.25, 0.3) is 0 Å². The summed E-state index contributed by atoms with van der Waals surface area (Å²) in [6.45, 7) is 0.949. The Morgan fingerprint density at radius 1 is 1.18 bits per heavy atom. The number of benzene rings is 1. The minimum absolute atomic E-state index is 0.307. The molecule has 1 nitrogen and oxygen atoms in total. The van der Waals surface area contributed by atoms with E-state index in [4.69, 9.17) is 23.2 Å². The minimum Gasteiger partial charge on any atom is -0.298 e. The Bertz CT molecular complexity index is 350. The molecule has 0 spiro atoms. The second-order valence-corrected chi connectivity index (χ2v) is 5.91. The van der Waals surface area contributed by atoms with E-state index in [0.717, 1.165) is 18.0 Å². The van der Waals surface area contributed by atoms with Crippen LogP contribution in [0.2, 0.25) is 5.02 Å². The van der Waals surface area contributed by atoms with Crippen molar-refractivity contribution in [2.75, 3.05) is 7.05 Å². The van der Waals surface area contributed by atoms with Gasteiger partial charge in [0.2, 0.25) is 0 Å². The van der Waals surface area contributed by atoms with Crippen LogP contribution in [0.15, 0.2) is 24.3 Å². The summed E-state index contributed by atoms with van der Waals surface area (Å²) in [6, 6.07) is 8.59. The zero-order valence-corrected chi connectivity index (χ0v) is 11.7. The molecule has 1 aromatic rings. The van der Waals surface area contributed by atoms with E-state index in [1.54, 1.807) is 0 Å². The molecular weight excluding hydrogens is 253 g/mol. The van der Waals surface area contributed by atoms with Gasteiger partial charge in [-0.2, -0.15) is 0 Å². The molecule has 0 radical (unpaired) electrons. The van der Waals surface area contributed by atoms with Crippen LogP contribution in [0.5, 0.6) is 0 Å². The van der Waals surface area contributed by atoms with Crippen molar-refractivity contribution in [3.63, 3.8) is 0 Å². The molecule has 1 aliphatic carbocycles. The highest BCUT2D eigenvalue weighted by Crippen LogP contribution is 2.27. The van der Waals surface area contributed by atoms with Gasteiger partial charge < -0.3 is 0 Å². The van der Waals surface area contributed by atoms with E-state index in [9.17, 15) is 0 Å². The first-order valence-electron chi connectivity index (χ1n) is 6.25. The van der Waals surface area contributed by atoms with Crippen LogP contribution >= 0.6 is 23.2 Å². The maximum Gasteiger partial charge on any atom is 0.0491 e. The maximum absolute atomic E-state index is 6.41. The van der Waals surface area contributed by atoms with Gasteiger partial charge in [-0.25, -0.2) is 0 Å². The van der Waals surface area contributed by atoms with Crippen molar-refractivity contribution in [3.8, 4) is 0 Å². The fraction of sp³-hybridized carbons (Fsp3) is 0.571. The second kappa shape index (κ2) is 6.08. The molecule has 2 unspecified atom stereocenters. The fourth-order valence-electron chi connectivity index (χ4n) is 2.56. The van der Waals surface area contributed by atoms with Crippen LogP contribution in [0.1, 0.15) is 31.2 Å². The number of halogens is 2. The summed E-state index contributed by atoms with van der Waals surface area (Å²) in [4.78, 5) is 2.38. The van der Waals surface area contributed by atoms with Gasteiger partial charge in [-0.1, -0.05) is 36.6 Å². The third-order valence-electron chi connectivity index (χ3n) is 3.56. The van der Waals surface area contributed by atoms with Crippen LogP contribution < -0.4 is 0 Å². The van der Waals surface area contributed by atoms with E-state index in [0.29, 0.717) is 11.4 Å². The highest BCUT2D eigenvalue weighted by atomic mass is 35.5. The lowest BCUT2D eigenvalue weighted by Crippen LogP contribution is -2.40. The van der Waals surface area contributed by atoms with E-state index in [1.807, 2.05) is 12.1 Å². The van der Waals surface area contributed by atoms with Gasteiger partial charge in [0.25, 0.3) is 0 Å². The number of hydrogen-bond donors (Lipinski definition) is 0. The van der Waals surface area contributed by atoms with Gasteiger partial charge in [0.15, 0.2) is 0 Å². The molecule has 1 fully saturated rings. The van der Waals surface area contributed by atoms with E-state index in [2.05, 4.69) is 24.1 Å². The largest absolute Gasteiger partial charge is 0.298 e. The van der Waals surface area contributed by atoms with E-state index >= 15 is 0 Å². The summed E-state index contributed by atoms with van der Waals surface area (Å²) in [6.07, 6.45) is 4.95. The number of rotatable bonds is 3. The highest BCUT2D eigenvalue weighted by molar-refractivity contribution is 6.30. The molecular formula is C14H19Cl2N. The lowest BCUT2D eigenvalue weighted by molar-refractivity contribution is 0.188. The average molecular weight is 272 g/mol. The first-order chi connectivity index (χ1) is 8.16. The fourth-order valence-corrected chi connectivity index (χ4v) is 3.16. The predicted octanol–water partition coefficient (Wildman–Crippen LogP) is 4.32. The summed E-state index contributed by atoms with van der Waals surface area (Å²) in [7, 11) is 2.17. The molecule has 1 aromatic carbocycles. The number of hydrogen-bond acceptors (Lipinski definition) is 1. The van der Waals surface area contributed by atoms with Gasteiger partial charge in [-0.05, 0) is 37.6 Å². The van der Waals surface area contributed by atoms with Crippen LogP contribution in [-0.2, 0) is 6.54 Å². The molecule has 1 aliphatic rings. The molecule has 0 saturated heterocycles.